The second-order valence-corrected chi connectivity index (χ2v) is 7.02. The molecule has 1 aromatic rings. The number of hydrogen-bond donors (Lipinski definition) is 1. The zero-order valence-electron chi connectivity index (χ0n) is 10.7. The second-order valence-electron chi connectivity index (χ2n) is 6.24. The summed E-state index contributed by atoms with van der Waals surface area (Å²) in [6.07, 6.45) is 5.45. The molecule has 1 aromatic heterocycles. The lowest BCUT2D eigenvalue weighted by molar-refractivity contribution is 0.344. The van der Waals surface area contributed by atoms with E-state index in [-0.39, 0.29) is 5.54 Å². The summed E-state index contributed by atoms with van der Waals surface area (Å²) in [5.41, 5.74) is 2.40. The van der Waals surface area contributed by atoms with Crippen LogP contribution in [0.2, 0.25) is 0 Å². The first-order chi connectivity index (χ1) is 7.49. The molecule has 0 saturated heterocycles. The predicted octanol–water partition coefficient (Wildman–Crippen LogP) is 3.85. The summed E-state index contributed by atoms with van der Waals surface area (Å²) in [5.74, 6) is 0. The molecule has 1 nitrogen and oxygen atoms in total. The number of hydrogen-bond acceptors (Lipinski definition) is 2. The van der Waals surface area contributed by atoms with Crippen molar-refractivity contribution in [2.24, 2.45) is 5.41 Å². The van der Waals surface area contributed by atoms with Crippen molar-refractivity contribution in [2.45, 2.75) is 52.0 Å². The Bertz CT molecular complexity index is 317. The highest BCUT2D eigenvalue weighted by Crippen LogP contribution is 2.49. The standard InChI is InChI=1S/C14H23NS/c1-13(2,3)15-11-14(7-8-14)6-4-12-5-9-16-10-12/h5,9-10,15H,4,6-8,11H2,1-3H3. The van der Waals surface area contributed by atoms with Crippen molar-refractivity contribution in [1.82, 2.24) is 5.32 Å². The first-order valence-corrected chi connectivity index (χ1v) is 7.20. The van der Waals surface area contributed by atoms with Crippen LogP contribution in [0.15, 0.2) is 16.8 Å². The van der Waals surface area contributed by atoms with Crippen LogP contribution in [0.3, 0.4) is 0 Å². The monoisotopic (exact) mass is 237 g/mol. The Morgan fingerprint density at radius 3 is 2.62 bits per heavy atom. The summed E-state index contributed by atoms with van der Waals surface area (Å²) in [5, 5.41) is 8.13. The maximum atomic E-state index is 3.66. The van der Waals surface area contributed by atoms with Gasteiger partial charge in [-0.2, -0.15) is 11.3 Å². The van der Waals surface area contributed by atoms with Gasteiger partial charge in [0.2, 0.25) is 0 Å². The minimum absolute atomic E-state index is 0.262. The highest BCUT2D eigenvalue weighted by atomic mass is 32.1. The van der Waals surface area contributed by atoms with Crippen LogP contribution < -0.4 is 5.32 Å². The van der Waals surface area contributed by atoms with Crippen molar-refractivity contribution in [3.05, 3.63) is 22.4 Å². The van der Waals surface area contributed by atoms with Gasteiger partial charge in [-0.05, 0) is 74.3 Å². The molecule has 2 heteroatoms. The first-order valence-electron chi connectivity index (χ1n) is 6.25. The Hall–Kier alpha value is -0.340. The fourth-order valence-corrected chi connectivity index (χ4v) is 2.69. The fourth-order valence-electron chi connectivity index (χ4n) is 1.99. The summed E-state index contributed by atoms with van der Waals surface area (Å²) in [7, 11) is 0. The second kappa shape index (κ2) is 4.50. The number of nitrogens with one attached hydrogen (secondary N) is 1. The molecule has 0 aliphatic heterocycles. The SMILES string of the molecule is CC(C)(C)NCC1(CCc2ccsc2)CC1. The molecule has 0 aromatic carbocycles. The lowest BCUT2D eigenvalue weighted by Gasteiger charge is -2.25. The van der Waals surface area contributed by atoms with Gasteiger partial charge >= 0.3 is 0 Å². The van der Waals surface area contributed by atoms with Crippen molar-refractivity contribution in [2.75, 3.05) is 6.54 Å². The van der Waals surface area contributed by atoms with Crippen LogP contribution in [-0.2, 0) is 6.42 Å². The molecule has 0 spiro atoms. The van der Waals surface area contributed by atoms with Crippen LogP contribution in [0.25, 0.3) is 0 Å². The van der Waals surface area contributed by atoms with Gasteiger partial charge in [0.25, 0.3) is 0 Å². The Morgan fingerprint density at radius 1 is 1.38 bits per heavy atom. The van der Waals surface area contributed by atoms with Gasteiger partial charge in [0, 0.05) is 12.1 Å². The normalized spacial score (nSPS) is 18.7. The lowest BCUT2D eigenvalue weighted by Crippen LogP contribution is -2.39. The molecular formula is C14H23NS. The zero-order chi connectivity index (χ0) is 11.6. The Balaban J connectivity index is 1.76. The summed E-state index contributed by atoms with van der Waals surface area (Å²) < 4.78 is 0. The highest BCUT2D eigenvalue weighted by molar-refractivity contribution is 7.07. The number of rotatable bonds is 5. The van der Waals surface area contributed by atoms with E-state index in [1.54, 1.807) is 0 Å². The third-order valence-electron chi connectivity index (χ3n) is 3.47. The minimum Gasteiger partial charge on any atom is -0.312 e. The molecule has 1 aliphatic carbocycles. The Kier molecular flexibility index (Phi) is 3.41. The third-order valence-corrected chi connectivity index (χ3v) is 4.21. The molecule has 0 unspecified atom stereocenters. The van der Waals surface area contributed by atoms with Crippen molar-refractivity contribution in [1.29, 1.82) is 0 Å². The molecule has 90 valence electrons. The van der Waals surface area contributed by atoms with Crippen LogP contribution in [0.5, 0.6) is 0 Å². The van der Waals surface area contributed by atoms with E-state index in [1.807, 2.05) is 11.3 Å². The zero-order valence-corrected chi connectivity index (χ0v) is 11.5. The fraction of sp³-hybridized carbons (Fsp3) is 0.714. The number of aryl methyl sites for hydroxylation is 1. The van der Waals surface area contributed by atoms with Gasteiger partial charge in [-0.1, -0.05) is 0 Å². The summed E-state index contributed by atoms with van der Waals surface area (Å²) >= 11 is 1.81. The van der Waals surface area contributed by atoms with Gasteiger partial charge in [0.05, 0.1) is 0 Å². The topological polar surface area (TPSA) is 12.0 Å². The van der Waals surface area contributed by atoms with E-state index in [0.717, 1.165) is 0 Å². The molecular weight excluding hydrogens is 214 g/mol. The van der Waals surface area contributed by atoms with Gasteiger partial charge in [-0.15, -0.1) is 0 Å². The largest absolute Gasteiger partial charge is 0.312 e. The van der Waals surface area contributed by atoms with Gasteiger partial charge < -0.3 is 5.32 Å². The molecule has 16 heavy (non-hydrogen) atoms. The lowest BCUT2D eigenvalue weighted by atomic mass is 9.96. The predicted molar refractivity (Wildman–Crippen MR) is 72.1 cm³/mol. The molecule has 0 amide bonds. The van der Waals surface area contributed by atoms with E-state index >= 15 is 0 Å². The molecule has 1 aliphatic rings. The van der Waals surface area contributed by atoms with Crippen LogP contribution in [-0.4, -0.2) is 12.1 Å². The minimum atomic E-state index is 0.262. The Labute approximate surface area is 103 Å². The van der Waals surface area contributed by atoms with Gasteiger partial charge in [0.15, 0.2) is 0 Å². The molecule has 0 bridgehead atoms. The maximum Gasteiger partial charge on any atom is 0.00967 e. The van der Waals surface area contributed by atoms with E-state index in [0.29, 0.717) is 5.41 Å². The van der Waals surface area contributed by atoms with Gasteiger partial charge in [-0.25, -0.2) is 0 Å². The van der Waals surface area contributed by atoms with Crippen LogP contribution in [0, 0.1) is 5.41 Å². The molecule has 0 radical (unpaired) electrons. The Morgan fingerprint density at radius 2 is 2.12 bits per heavy atom. The molecule has 1 saturated carbocycles. The molecule has 1 N–H and O–H groups in total. The molecule has 2 rings (SSSR count). The van der Waals surface area contributed by atoms with E-state index in [2.05, 4.69) is 42.9 Å². The summed E-state index contributed by atoms with van der Waals surface area (Å²) in [4.78, 5) is 0. The van der Waals surface area contributed by atoms with Crippen molar-refractivity contribution < 1.29 is 0 Å². The van der Waals surface area contributed by atoms with Crippen molar-refractivity contribution in [3.63, 3.8) is 0 Å². The average Bonchev–Trinajstić information content (AvgIpc) is 2.78. The summed E-state index contributed by atoms with van der Waals surface area (Å²) in [6, 6.07) is 2.26. The van der Waals surface area contributed by atoms with Crippen molar-refractivity contribution in [3.8, 4) is 0 Å². The quantitative estimate of drug-likeness (QED) is 0.820. The molecule has 1 heterocycles. The van der Waals surface area contributed by atoms with E-state index in [9.17, 15) is 0 Å². The van der Waals surface area contributed by atoms with E-state index < -0.39 is 0 Å². The highest BCUT2D eigenvalue weighted by Gasteiger charge is 2.42. The van der Waals surface area contributed by atoms with Crippen LogP contribution >= 0.6 is 11.3 Å². The smallest absolute Gasteiger partial charge is 0.00967 e. The van der Waals surface area contributed by atoms with E-state index in [4.69, 9.17) is 0 Å². The van der Waals surface area contributed by atoms with Crippen LogP contribution in [0.4, 0.5) is 0 Å². The first kappa shape index (κ1) is 12.1. The summed E-state index contributed by atoms with van der Waals surface area (Å²) in [6.45, 7) is 7.95. The van der Waals surface area contributed by atoms with Crippen molar-refractivity contribution >= 4 is 11.3 Å². The third kappa shape index (κ3) is 3.60. The number of thiophene rings is 1. The van der Waals surface area contributed by atoms with E-state index in [1.165, 1.54) is 37.8 Å². The maximum absolute atomic E-state index is 3.66. The molecule has 1 fully saturated rings. The molecule has 0 atom stereocenters. The average molecular weight is 237 g/mol. The van der Waals surface area contributed by atoms with Crippen LogP contribution in [0.1, 0.15) is 45.6 Å². The van der Waals surface area contributed by atoms with Gasteiger partial charge in [0.1, 0.15) is 0 Å². The van der Waals surface area contributed by atoms with Gasteiger partial charge in [-0.3, -0.25) is 0 Å².